The van der Waals surface area contributed by atoms with E-state index in [0.29, 0.717) is 5.56 Å². The van der Waals surface area contributed by atoms with Gasteiger partial charge in [0, 0.05) is 37.1 Å². The molecule has 1 aliphatic rings. The van der Waals surface area contributed by atoms with Gasteiger partial charge in [0.05, 0.1) is 0 Å². The van der Waals surface area contributed by atoms with Crippen molar-refractivity contribution in [3.63, 3.8) is 0 Å². The van der Waals surface area contributed by atoms with Gasteiger partial charge in [-0.15, -0.1) is 0 Å². The molecule has 0 atom stereocenters. The summed E-state index contributed by atoms with van der Waals surface area (Å²) in [6.45, 7) is 0.270. The Hall–Kier alpha value is -3.02. The van der Waals surface area contributed by atoms with E-state index < -0.39 is 11.7 Å². The van der Waals surface area contributed by atoms with Crippen LogP contribution < -0.4 is 5.32 Å². The van der Waals surface area contributed by atoms with Crippen LogP contribution in [0.25, 0.3) is 11.1 Å². The number of hydrogen-bond donors (Lipinski definition) is 1. The molecular weight excluding hydrogens is 323 g/mol. The molecule has 3 rings (SSSR count). The van der Waals surface area contributed by atoms with Gasteiger partial charge in [0.1, 0.15) is 5.82 Å². The predicted octanol–water partition coefficient (Wildman–Crippen LogP) is 2.37. The molecule has 25 heavy (non-hydrogen) atoms. The number of halogens is 1. The van der Waals surface area contributed by atoms with Crippen molar-refractivity contribution in [2.75, 3.05) is 13.1 Å². The maximum Gasteiger partial charge on any atom is 0.251 e. The summed E-state index contributed by atoms with van der Waals surface area (Å²) in [6.07, 6.45) is 0.442. The Morgan fingerprint density at radius 2 is 1.72 bits per heavy atom. The lowest BCUT2D eigenvalue weighted by Crippen LogP contribution is -2.37. The Bertz CT molecular complexity index is 805. The van der Waals surface area contributed by atoms with E-state index in [-0.39, 0.29) is 43.3 Å². The van der Waals surface area contributed by atoms with Crippen molar-refractivity contribution in [3.05, 3.63) is 59.9 Å². The number of carbonyl (C=O) groups excluding carboxylic acids is 3. The van der Waals surface area contributed by atoms with E-state index in [9.17, 15) is 18.8 Å². The fourth-order valence-corrected chi connectivity index (χ4v) is 2.76. The van der Waals surface area contributed by atoms with Crippen molar-refractivity contribution < 1.29 is 18.8 Å². The van der Waals surface area contributed by atoms with Crippen LogP contribution in [-0.2, 0) is 9.59 Å². The second-order valence-corrected chi connectivity index (χ2v) is 5.76. The molecule has 3 amide bonds. The average molecular weight is 340 g/mol. The number of amides is 3. The van der Waals surface area contributed by atoms with Gasteiger partial charge in [-0.05, 0) is 17.7 Å². The lowest BCUT2D eigenvalue weighted by molar-refractivity contribution is -0.138. The molecule has 1 heterocycles. The molecule has 1 aliphatic heterocycles. The summed E-state index contributed by atoms with van der Waals surface area (Å²) in [6, 6.07) is 13.4. The molecule has 128 valence electrons. The predicted molar refractivity (Wildman–Crippen MR) is 90.1 cm³/mol. The van der Waals surface area contributed by atoms with E-state index in [4.69, 9.17) is 0 Å². The number of nitrogens with one attached hydrogen (secondary N) is 1. The van der Waals surface area contributed by atoms with Gasteiger partial charge in [-0.3, -0.25) is 19.3 Å². The molecular formula is C19H17FN2O3. The summed E-state index contributed by atoms with van der Waals surface area (Å²) in [5.41, 5.74) is 1.35. The first kappa shape index (κ1) is 16.8. The van der Waals surface area contributed by atoms with Crippen LogP contribution in [0.15, 0.2) is 48.5 Å². The fraction of sp³-hybridized carbons (Fsp3) is 0.211. The number of rotatable bonds is 5. The van der Waals surface area contributed by atoms with Crippen LogP contribution >= 0.6 is 0 Å². The summed E-state index contributed by atoms with van der Waals surface area (Å²) < 4.78 is 14.3. The van der Waals surface area contributed by atoms with Crippen molar-refractivity contribution >= 4 is 17.7 Å². The van der Waals surface area contributed by atoms with Crippen LogP contribution in [-0.4, -0.2) is 35.7 Å². The van der Waals surface area contributed by atoms with Gasteiger partial charge in [-0.25, -0.2) is 4.39 Å². The van der Waals surface area contributed by atoms with Gasteiger partial charge in [0.25, 0.3) is 5.91 Å². The Kier molecular flexibility index (Phi) is 4.88. The number of benzene rings is 2. The van der Waals surface area contributed by atoms with Crippen LogP contribution in [0.1, 0.15) is 23.2 Å². The van der Waals surface area contributed by atoms with E-state index in [2.05, 4.69) is 5.32 Å². The molecule has 0 unspecified atom stereocenters. The highest BCUT2D eigenvalue weighted by molar-refractivity contribution is 6.02. The second-order valence-electron chi connectivity index (χ2n) is 5.76. The molecule has 1 fully saturated rings. The quantitative estimate of drug-likeness (QED) is 0.850. The summed E-state index contributed by atoms with van der Waals surface area (Å²) in [4.78, 5) is 36.2. The highest BCUT2D eigenvalue weighted by atomic mass is 19.1. The Morgan fingerprint density at radius 3 is 2.36 bits per heavy atom. The zero-order valence-corrected chi connectivity index (χ0v) is 13.5. The fourth-order valence-electron chi connectivity index (χ4n) is 2.76. The highest BCUT2D eigenvalue weighted by Gasteiger charge is 2.28. The Morgan fingerprint density at radius 1 is 1.04 bits per heavy atom. The number of nitrogens with zero attached hydrogens (tertiary/aromatic N) is 1. The lowest BCUT2D eigenvalue weighted by atomic mass is 10.0. The summed E-state index contributed by atoms with van der Waals surface area (Å²) in [5.74, 6) is -1.38. The van der Waals surface area contributed by atoms with Crippen LogP contribution in [0.3, 0.4) is 0 Å². The maximum absolute atomic E-state index is 14.3. The van der Waals surface area contributed by atoms with E-state index in [1.807, 2.05) is 18.2 Å². The van der Waals surface area contributed by atoms with E-state index in [1.165, 1.54) is 6.07 Å². The molecule has 0 saturated carbocycles. The molecule has 1 N–H and O–H groups in total. The van der Waals surface area contributed by atoms with Gasteiger partial charge in [0.15, 0.2) is 0 Å². The smallest absolute Gasteiger partial charge is 0.251 e. The lowest BCUT2D eigenvalue weighted by Gasteiger charge is -2.14. The molecule has 2 aromatic rings. The van der Waals surface area contributed by atoms with Gasteiger partial charge in [-0.2, -0.15) is 0 Å². The normalized spacial score (nSPS) is 14.0. The van der Waals surface area contributed by atoms with Crippen LogP contribution in [0.2, 0.25) is 0 Å². The van der Waals surface area contributed by atoms with E-state index in [1.54, 1.807) is 24.3 Å². The Labute approximate surface area is 144 Å². The maximum atomic E-state index is 14.3. The number of likely N-dealkylation sites (tertiary alicyclic amines) is 1. The average Bonchev–Trinajstić information content (AvgIpc) is 2.94. The van der Waals surface area contributed by atoms with Gasteiger partial charge < -0.3 is 5.32 Å². The SMILES string of the molecule is O=C(NCCN1C(=O)CCC1=O)c1ccc(-c2ccccc2)c(F)c1. The molecule has 5 nitrogen and oxygen atoms in total. The first-order valence-corrected chi connectivity index (χ1v) is 8.02. The molecule has 0 bridgehead atoms. The third-order valence-corrected chi connectivity index (χ3v) is 4.09. The van der Waals surface area contributed by atoms with Gasteiger partial charge in [-0.1, -0.05) is 36.4 Å². The second kappa shape index (κ2) is 7.25. The van der Waals surface area contributed by atoms with Crippen LogP contribution in [0, 0.1) is 5.82 Å². The first-order chi connectivity index (χ1) is 12.1. The van der Waals surface area contributed by atoms with Crippen LogP contribution in [0.4, 0.5) is 4.39 Å². The van der Waals surface area contributed by atoms with Crippen molar-refractivity contribution in [2.45, 2.75) is 12.8 Å². The molecule has 1 saturated heterocycles. The van der Waals surface area contributed by atoms with E-state index in [0.717, 1.165) is 10.5 Å². The van der Waals surface area contributed by atoms with Crippen molar-refractivity contribution in [3.8, 4) is 11.1 Å². The number of imide groups is 1. The molecule has 0 aliphatic carbocycles. The number of hydrogen-bond acceptors (Lipinski definition) is 3. The summed E-state index contributed by atoms with van der Waals surface area (Å²) in [5, 5.41) is 2.60. The van der Waals surface area contributed by atoms with Crippen molar-refractivity contribution in [1.29, 1.82) is 0 Å². The Balaban J connectivity index is 1.62. The van der Waals surface area contributed by atoms with Gasteiger partial charge >= 0.3 is 0 Å². The topological polar surface area (TPSA) is 66.5 Å². The molecule has 0 spiro atoms. The monoisotopic (exact) mass is 340 g/mol. The first-order valence-electron chi connectivity index (χ1n) is 8.02. The largest absolute Gasteiger partial charge is 0.350 e. The minimum atomic E-state index is -0.483. The zero-order valence-electron chi connectivity index (χ0n) is 13.5. The van der Waals surface area contributed by atoms with Crippen molar-refractivity contribution in [2.24, 2.45) is 0 Å². The summed E-state index contributed by atoms with van der Waals surface area (Å²) >= 11 is 0. The minimum Gasteiger partial charge on any atom is -0.350 e. The molecule has 6 heteroatoms. The summed E-state index contributed by atoms with van der Waals surface area (Å²) in [7, 11) is 0. The van der Waals surface area contributed by atoms with Crippen molar-refractivity contribution in [1.82, 2.24) is 10.2 Å². The number of carbonyl (C=O) groups is 3. The zero-order chi connectivity index (χ0) is 17.8. The highest BCUT2D eigenvalue weighted by Crippen LogP contribution is 2.23. The molecule has 0 aromatic heterocycles. The third-order valence-electron chi connectivity index (χ3n) is 4.09. The molecule has 0 radical (unpaired) electrons. The van der Waals surface area contributed by atoms with Crippen LogP contribution in [0.5, 0.6) is 0 Å². The third kappa shape index (κ3) is 3.74. The van der Waals surface area contributed by atoms with Gasteiger partial charge in [0.2, 0.25) is 11.8 Å². The standard InChI is InChI=1S/C19H17FN2O3/c20-16-12-14(6-7-15(16)13-4-2-1-3-5-13)19(25)21-10-11-22-17(23)8-9-18(22)24/h1-7,12H,8-11H2,(H,21,25). The minimum absolute atomic E-state index is 0.133. The van der Waals surface area contributed by atoms with E-state index >= 15 is 0 Å². The molecule has 2 aromatic carbocycles.